The fourth-order valence-corrected chi connectivity index (χ4v) is 6.16. The molecular formula is C35H36O16. The van der Waals surface area contributed by atoms with E-state index in [1.165, 1.54) is 37.3 Å². The molecule has 1 heterocycles. The lowest BCUT2D eigenvalue weighted by Gasteiger charge is -2.48. The summed E-state index contributed by atoms with van der Waals surface area (Å²) in [7, 11) is 0. The molecule has 16 nitrogen and oxygen atoms in total. The molecule has 272 valence electrons. The van der Waals surface area contributed by atoms with Crippen LogP contribution in [0.3, 0.4) is 0 Å². The van der Waals surface area contributed by atoms with E-state index in [0.29, 0.717) is 0 Å². The van der Waals surface area contributed by atoms with Crippen LogP contribution >= 0.6 is 0 Å². The van der Waals surface area contributed by atoms with Crippen LogP contribution in [0.4, 0.5) is 0 Å². The summed E-state index contributed by atoms with van der Waals surface area (Å²) >= 11 is 0. The maximum atomic E-state index is 14.4. The third-order valence-electron chi connectivity index (χ3n) is 7.68. The number of hydrogen-bond donors (Lipinski definition) is 0. The van der Waals surface area contributed by atoms with Gasteiger partial charge in [-0.25, -0.2) is 0 Å². The van der Waals surface area contributed by atoms with Gasteiger partial charge in [0.1, 0.15) is 36.9 Å². The first-order valence-electron chi connectivity index (χ1n) is 15.6. The second-order valence-corrected chi connectivity index (χ2v) is 11.7. The molecule has 51 heavy (non-hydrogen) atoms. The van der Waals surface area contributed by atoms with Crippen LogP contribution in [0.5, 0.6) is 11.5 Å². The number of carbonyl (C=O) groups is 8. The molecule has 1 saturated heterocycles. The number of benzene rings is 2. The number of carbonyl (C=O) groups excluding carboxylic acids is 8. The van der Waals surface area contributed by atoms with Crippen LogP contribution in [0.15, 0.2) is 30.3 Å². The van der Waals surface area contributed by atoms with Gasteiger partial charge in [0, 0.05) is 54.4 Å². The molecule has 1 fully saturated rings. The van der Waals surface area contributed by atoms with Crippen molar-refractivity contribution >= 4 is 47.6 Å². The number of fused-ring (bicyclic) bond motifs is 2. The van der Waals surface area contributed by atoms with Crippen LogP contribution in [0, 0.1) is 0 Å². The molecule has 0 saturated carbocycles. The molecule has 0 amide bonds. The van der Waals surface area contributed by atoms with E-state index in [0.717, 1.165) is 41.5 Å². The van der Waals surface area contributed by atoms with Crippen molar-refractivity contribution in [1.82, 2.24) is 0 Å². The maximum absolute atomic E-state index is 14.4. The summed E-state index contributed by atoms with van der Waals surface area (Å²) in [4.78, 5) is 100. The highest BCUT2D eigenvalue weighted by Gasteiger charge is 2.56. The maximum Gasteiger partial charge on any atom is 0.308 e. The monoisotopic (exact) mass is 712 g/mol. The standard InChI is InChI=1S/C35H36O16/c1-15(36)44-13-22-11-24-28(23-9-8-10-25(46-17(3)38)29(23)31(43)30(24)26(12-22)47-18(4)39)33-35(50-21(7)42)34(49-20(6)41)32(48-19(5)40)27(51-33)14-45-16(2)37/h8-12,27-28,32-35H,13-14H2,1-7H3/t27-,28+,32?,33+,34+,35+/m1/s1. The molecule has 0 spiro atoms. The molecule has 16 heteroatoms. The van der Waals surface area contributed by atoms with Crippen LogP contribution in [0.1, 0.15) is 87.0 Å². The second kappa shape index (κ2) is 15.9. The molecule has 0 N–H and O–H groups in total. The lowest BCUT2D eigenvalue weighted by atomic mass is 9.71. The van der Waals surface area contributed by atoms with Crippen LogP contribution in [-0.4, -0.2) is 84.7 Å². The van der Waals surface area contributed by atoms with Crippen molar-refractivity contribution in [3.63, 3.8) is 0 Å². The van der Waals surface area contributed by atoms with Gasteiger partial charge in [-0.3, -0.25) is 38.4 Å². The summed E-state index contributed by atoms with van der Waals surface area (Å²) in [6, 6.07) is 7.19. The van der Waals surface area contributed by atoms with Crippen molar-refractivity contribution in [3.05, 3.63) is 58.1 Å². The first-order chi connectivity index (χ1) is 24.0. The molecule has 0 bridgehead atoms. The van der Waals surface area contributed by atoms with E-state index in [2.05, 4.69) is 0 Å². The number of esters is 7. The van der Waals surface area contributed by atoms with Crippen molar-refractivity contribution < 1.29 is 76.3 Å². The van der Waals surface area contributed by atoms with Crippen molar-refractivity contribution in [1.29, 1.82) is 0 Å². The molecule has 1 aliphatic heterocycles. The SMILES string of the molecule is CC(=O)OCc1cc(OC(C)=O)c2c(c1)[C@@H]([C@@H]1O[C@H](COC(C)=O)C(OC(C)=O)[C@H](OC(C)=O)[C@H]1OC(C)=O)c1cccc(OC(C)=O)c1C2=O. The topological polar surface area (TPSA) is 210 Å². The van der Waals surface area contributed by atoms with Gasteiger partial charge < -0.3 is 37.9 Å². The van der Waals surface area contributed by atoms with Gasteiger partial charge in [-0.2, -0.15) is 0 Å². The van der Waals surface area contributed by atoms with Crippen molar-refractivity contribution in [2.75, 3.05) is 6.61 Å². The van der Waals surface area contributed by atoms with Gasteiger partial charge in [-0.1, -0.05) is 18.2 Å². The Labute approximate surface area is 291 Å². The molecule has 1 aliphatic carbocycles. The summed E-state index contributed by atoms with van der Waals surface area (Å²) < 4.78 is 44.8. The largest absolute Gasteiger partial charge is 0.463 e. The van der Waals surface area contributed by atoms with E-state index in [-0.39, 0.29) is 45.9 Å². The minimum atomic E-state index is -1.57. The molecule has 1 unspecified atom stereocenters. The van der Waals surface area contributed by atoms with E-state index in [1.807, 2.05) is 0 Å². The lowest BCUT2D eigenvalue weighted by molar-refractivity contribution is -0.254. The Kier molecular flexibility index (Phi) is 11.9. The number of ketones is 1. The minimum Gasteiger partial charge on any atom is -0.463 e. The predicted octanol–water partition coefficient (Wildman–Crippen LogP) is 2.40. The molecule has 0 aromatic heterocycles. The first-order valence-corrected chi connectivity index (χ1v) is 15.6. The first kappa shape index (κ1) is 38.2. The normalized spacial score (nSPS) is 21.9. The van der Waals surface area contributed by atoms with Gasteiger partial charge >= 0.3 is 41.8 Å². The Hall–Kier alpha value is -5.64. The molecule has 6 atom stereocenters. The van der Waals surface area contributed by atoms with Crippen LogP contribution in [0.2, 0.25) is 0 Å². The van der Waals surface area contributed by atoms with Crippen LogP contribution in [-0.2, 0) is 68.6 Å². The van der Waals surface area contributed by atoms with Gasteiger partial charge in [-0.05, 0) is 28.8 Å². The van der Waals surface area contributed by atoms with E-state index in [4.69, 9.17) is 37.9 Å². The molecule has 0 radical (unpaired) electrons. The van der Waals surface area contributed by atoms with E-state index in [1.54, 1.807) is 0 Å². The lowest BCUT2D eigenvalue weighted by Crippen LogP contribution is -2.63. The number of hydrogen-bond acceptors (Lipinski definition) is 16. The zero-order valence-electron chi connectivity index (χ0n) is 28.8. The fourth-order valence-electron chi connectivity index (χ4n) is 6.16. The van der Waals surface area contributed by atoms with Gasteiger partial charge in [0.2, 0.25) is 5.78 Å². The highest BCUT2D eigenvalue weighted by Crippen LogP contribution is 2.49. The van der Waals surface area contributed by atoms with Crippen molar-refractivity contribution in [2.45, 2.75) is 91.5 Å². The Morgan fingerprint density at radius 3 is 1.73 bits per heavy atom. The Bertz CT molecular complexity index is 1780. The van der Waals surface area contributed by atoms with Crippen molar-refractivity contribution in [3.8, 4) is 11.5 Å². The highest BCUT2D eigenvalue weighted by atomic mass is 16.7. The summed E-state index contributed by atoms with van der Waals surface area (Å²) in [6.07, 6.45) is -7.41. The van der Waals surface area contributed by atoms with Gasteiger partial charge in [0.25, 0.3) is 0 Å². The molecule has 2 aromatic carbocycles. The van der Waals surface area contributed by atoms with E-state index < -0.39 is 90.6 Å². The van der Waals surface area contributed by atoms with Crippen LogP contribution < -0.4 is 9.47 Å². The van der Waals surface area contributed by atoms with Gasteiger partial charge in [-0.15, -0.1) is 0 Å². The van der Waals surface area contributed by atoms with Crippen molar-refractivity contribution in [2.24, 2.45) is 0 Å². The number of ether oxygens (including phenoxy) is 8. The Morgan fingerprint density at radius 2 is 1.16 bits per heavy atom. The smallest absolute Gasteiger partial charge is 0.308 e. The minimum absolute atomic E-state index is 0.120. The second-order valence-electron chi connectivity index (χ2n) is 11.7. The average molecular weight is 713 g/mol. The van der Waals surface area contributed by atoms with Gasteiger partial charge in [0.15, 0.2) is 18.3 Å². The third kappa shape index (κ3) is 8.94. The molecule has 4 rings (SSSR count). The summed E-state index contributed by atoms with van der Waals surface area (Å²) in [6.45, 7) is 6.92. The zero-order valence-corrected chi connectivity index (χ0v) is 28.8. The van der Waals surface area contributed by atoms with E-state index in [9.17, 15) is 38.4 Å². The summed E-state index contributed by atoms with van der Waals surface area (Å²) in [5.41, 5.74) is 0.240. The van der Waals surface area contributed by atoms with E-state index >= 15 is 0 Å². The van der Waals surface area contributed by atoms with Gasteiger partial charge in [0.05, 0.1) is 11.1 Å². The Balaban J connectivity index is 2.10. The average Bonchev–Trinajstić information content (AvgIpc) is 3.00. The van der Waals surface area contributed by atoms with Crippen LogP contribution in [0.25, 0.3) is 0 Å². The summed E-state index contributed by atoms with van der Waals surface area (Å²) in [5, 5.41) is 0. The molecule has 2 aliphatic rings. The third-order valence-corrected chi connectivity index (χ3v) is 7.68. The quantitative estimate of drug-likeness (QED) is 0.197. The zero-order chi connectivity index (χ0) is 37.7. The highest BCUT2D eigenvalue weighted by molar-refractivity contribution is 6.16. The fraction of sp³-hybridized carbons (Fsp3) is 0.429. The summed E-state index contributed by atoms with van der Waals surface area (Å²) in [5.74, 6) is -7.84. The molecule has 2 aromatic rings. The molecular weight excluding hydrogens is 676 g/mol. The predicted molar refractivity (Wildman–Crippen MR) is 168 cm³/mol. The Morgan fingerprint density at radius 1 is 0.608 bits per heavy atom. The number of rotatable bonds is 10.